The Kier molecular flexibility index (Phi) is 9.95. The number of carbonyl (C=O) groups is 1. The third-order valence-corrected chi connectivity index (χ3v) is 5.65. The summed E-state index contributed by atoms with van der Waals surface area (Å²) < 4.78 is 44.2. The van der Waals surface area contributed by atoms with Crippen LogP contribution in [-0.4, -0.2) is 72.1 Å². The molecule has 3 rings (SSSR count). The molecule has 13 heteroatoms. The SMILES string of the molecule is COc1cc(OC)c(F)c(COc2cnc(N/C(C=N)=C/NCC(=O)N3CCCC(O)CC3)nc2)c1F. The molecule has 11 nitrogen and oxygen atoms in total. The van der Waals surface area contributed by atoms with Crippen LogP contribution in [0.1, 0.15) is 24.8 Å². The number of anilines is 1. The van der Waals surface area contributed by atoms with Gasteiger partial charge < -0.3 is 40.3 Å². The van der Waals surface area contributed by atoms with Gasteiger partial charge in [-0.3, -0.25) is 4.79 Å². The lowest BCUT2D eigenvalue weighted by atomic mass is 10.1. The fourth-order valence-electron chi connectivity index (χ4n) is 3.61. The molecule has 2 heterocycles. The van der Waals surface area contributed by atoms with Gasteiger partial charge in [0.1, 0.15) is 6.61 Å². The summed E-state index contributed by atoms with van der Waals surface area (Å²) in [5.41, 5.74) is -0.0789. The quantitative estimate of drug-likeness (QED) is 0.328. The number of ether oxygens (including phenoxy) is 3. The van der Waals surface area contributed by atoms with Gasteiger partial charge in [0.2, 0.25) is 11.9 Å². The molecule has 1 aromatic carbocycles. The van der Waals surface area contributed by atoms with Gasteiger partial charge in [-0.2, -0.15) is 0 Å². The van der Waals surface area contributed by atoms with E-state index < -0.39 is 18.2 Å². The number of nitrogens with one attached hydrogen (secondary N) is 3. The van der Waals surface area contributed by atoms with Crippen LogP contribution in [0.25, 0.3) is 0 Å². The van der Waals surface area contributed by atoms with E-state index in [9.17, 15) is 18.7 Å². The summed E-state index contributed by atoms with van der Waals surface area (Å²) in [6.45, 7) is 0.684. The molecule has 1 aliphatic rings. The molecule has 200 valence electrons. The minimum absolute atomic E-state index is 0.0327. The molecule has 0 bridgehead atoms. The van der Waals surface area contributed by atoms with Crippen molar-refractivity contribution >= 4 is 18.1 Å². The minimum Gasteiger partial charge on any atom is -0.494 e. The molecule has 2 aromatic rings. The van der Waals surface area contributed by atoms with E-state index in [0.29, 0.717) is 31.6 Å². The molecule has 1 aliphatic heterocycles. The van der Waals surface area contributed by atoms with Crippen molar-refractivity contribution in [3.05, 3.63) is 47.6 Å². The number of aliphatic hydroxyl groups is 1. The van der Waals surface area contributed by atoms with Crippen LogP contribution in [0.3, 0.4) is 0 Å². The number of aliphatic hydroxyl groups excluding tert-OH is 1. The first-order valence-corrected chi connectivity index (χ1v) is 11.6. The summed E-state index contributed by atoms with van der Waals surface area (Å²) in [5.74, 6) is -1.98. The number of nitrogens with zero attached hydrogens (tertiary/aromatic N) is 3. The first kappa shape index (κ1) is 27.6. The van der Waals surface area contributed by atoms with Crippen LogP contribution in [0.2, 0.25) is 0 Å². The smallest absolute Gasteiger partial charge is 0.241 e. The fraction of sp³-hybridized carbons (Fsp3) is 0.417. The van der Waals surface area contributed by atoms with Crippen LogP contribution in [0.5, 0.6) is 17.2 Å². The molecule has 1 saturated heterocycles. The number of hydrogen-bond acceptors (Lipinski definition) is 10. The maximum atomic E-state index is 14.5. The topological polar surface area (TPSA) is 142 Å². The predicted molar refractivity (Wildman–Crippen MR) is 131 cm³/mol. The number of halogens is 2. The summed E-state index contributed by atoms with van der Waals surface area (Å²) >= 11 is 0. The number of hydrogen-bond donors (Lipinski definition) is 4. The molecule has 1 fully saturated rings. The molecule has 0 radical (unpaired) electrons. The van der Waals surface area contributed by atoms with Gasteiger partial charge in [-0.25, -0.2) is 18.7 Å². The van der Waals surface area contributed by atoms with Gasteiger partial charge >= 0.3 is 0 Å². The standard InChI is InChI=1S/C24H30F2N6O5/c1-35-19-8-20(36-2)23(26)18(22(19)25)14-37-17-11-29-24(30-12-17)31-15(9-27)10-28-13-21(34)32-6-3-4-16(33)5-7-32/h8-12,16,27-28,33H,3-7,13-14H2,1-2H3,(H,29,30,31)/b15-10+,27-9?. The largest absolute Gasteiger partial charge is 0.494 e. The number of methoxy groups -OCH3 is 2. The Hall–Kier alpha value is -4.00. The molecule has 37 heavy (non-hydrogen) atoms. The number of allylic oxidation sites excluding steroid dienone is 1. The Morgan fingerprint density at radius 3 is 2.49 bits per heavy atom. The summed E-state index contributed by atoms with van der Waals surface area (Å²) in [6, 6.07) is 1.11. The first-order valence-electron chi connectivity index (χ1n) is 11.6. The zero-order chi connectivity index (χ0) is 26.8. The van der Waals surface area contributed by atoms with Crippen molar-refractivity contribution in [2.24, 2.45) is 0 Å². The molecule has 0 spiro atoms. The van der Waals surface area contributed by atoms with Gasteiger partial charge in [-0.15, -0.1) is 0 Å². The van der Waals surface area contributed by atoms with Gasteiger partial charge in [0.15, 0.2) is 28.9 Å². The van der Waals surface area contributed by atoms with E-state index in [1.54, 1.807) is 4.90 Å². The number of carbonyl (C=O) groups excluding carboxylic acids is 1. The maximum absolute atomic E-state index is 14.5. The molecule has 1 aromatic heterocycles. The van der Waals surface area contributed by atoms with Crippen molar-refractivity contribution in [1.82, 2.24) is 20.2 Å². The summed E-state index contributed by atoms with van der Waals surface area (Å²) in [7, 11) is 2.51. The number of benzene rings is 1. The van der Waals surface area contributed by atoms with Crippen LogP contribution in [0.4, 0.5) is 14.7 Å². The zero-order valence-electron chi connectivity index (χ0n) is 20.6. The van der Waals surface area contributed by atoms with E-state index in [0.717, 1.165) is 18.7 Å². The van der Waals surface area contributed by atoms with Crippen LogP contribution < -0.4 is 24.8 Å². The van der Waals surface area contributed by atoms with Crippen molar-refractivity contribution < 1.29 is 32.9 Å². The van der Waals surface area contributed by atoms with E-state index in [-0.39, 0.29) is 47.3 Å². The number of likely N-dealkylation sites (tertiary alicyclic amines) is 1. The van der Waals surface area contributed by atoms with Crippen molar-refractivity contribution in [2.45, 2.75) is 32.0 Å². The maximum Gasteiger partial charge on any atom is 0.241 e. The lowest BCUT2D eigenvalue weighted by Crippen LogP contribution is -2.37. The van der Waals surface area contributed by atoms with E-state index in [1.165, 1.54) is 32.8 Å². The summed E-state index contributed by atoms with van der Waals surface area (Å²) in [5, 5.41) is 23.0. The van der Waals surface area contributed by atoms with Crippen molar-refractivity contribution in [3.8, 4) is 17.2 Å². The Balaban J connectivity index is 1.54. The lowest BCUT2D eigenvalue weighted by molar-refractivity contribution is -0.130. The van der Waals surface area contributed by atoms with E-state index in [2.05, 4.69) is 20.6 Å². The van der Waals surface area contributed by atoms with Crippen molar-refractivity contribution in [1.29, 1.82) is 5.41 Å². The molecular formula is C24H30F2N6O5. The predicted octanol–water partition coefficient (Wildman–Crippen LogP) is 2.22. The van der Waals surface area contributed by atoms with Gasteiger partial charge in [-0.05, 0) is 19.3 Å². The lowest BCUT2D eigenvalue weighted by Gasteiger charge is -2.20. The second-order valence-corrected chi connectivity index (χ2v) is 8.13. The Labute approximate surface area is 213 Å². The van der Waals surface area contributed by atoms with Gasteiger partial charge in [0.25, 0.3) is 0 Å². The van der Waals surface area contributed by atoms with Crippen LogP contribution in [0, 0.1) is 17.0 Å². The molecular weight excluding hydrogens is 490 g/mol. The van der Waals surface area contributed by atoms with Crippen LogP contribution >= 0.6 is 0 Å². The minimum atomic E-state index is -0.903. The number of aromatic nitrogens is 2. The zero-order valence-corrected chi connectivity index (χ0v) is 20.6. The monoisotopic (exact) mass is 520 g/mol. The third-order valence-electron chi connectivity index (χ3n) is 5.65. The van der Waals surface area contributed by atoms with E-state index in [4.69, 9.17) is 19.6 Å². The van der Waals surface area contributed by atoms with Crippen molar-refractivity contribution in [3.63, 3.8) is 0 Å². The van der Waals surface area contributed by atoms with Gasteiger partial charge in [-0.1, -0.05) is 0 Å². The number of rotatable bonds is 11. The molecule has 4 N–H and O–H groups in total. The molecule has 1 amide bonds. The third kappa shape index (κ3) is 7.49. The highest BCUT2D eigenvalue weighted by molar-refractivity contribution is 5.81. The molecule has 1 unspecified atom stereocenters. The highest BCUT2D eigenvalue weighted by Gasteiger charge is 2.21. The molecule has 1 atom stereocenters. The van der Waals surface area contributed by atoms with Gasteiger partial charge in [0, 0.05) is 31.6 Å². The first-order chi connectivity index (χ1) is 17.9. The fourth-order valence-corrected chi connectivity index (χ4v) is 3.61. The van der Waals surface area contributed by atoms with Crippen molar-refractivity contribution in [2.75, 3.05) is 39.2 Å². The normalized spacial score (nSPS) is 16.0. The highest BCUT2D eigenvalue weighted by atomic mass is 19.1. The van der Waals surface area contributed by atoms with E-state index in [1.807, 2.05) is 0 Å². The van der Waals surface area contributed by atoms with Crippen LogP contribution in [-0.2, 0) is 11.4 Å². The van der Waals surface area contributed by atoms with E-state index >= 15 is 0 Å². The number of amides is 1. The van der Waals surface area contributed by atoms with Crippen LogP contribution in [0.15, 0.2) is 30.4 Å². The second kappa shape index (κ2) is 13.3. The molecule has 0 aliphatic carbocycles. The Morgan fingerprint density at radius 1 is 1.19 bits per heavy atom. The molecule has 0 saturated carbocycles. The Bertz CT molecular complexity index is 1090. The summed E-state index contributed by atoms with van der Waals surface area (Å²) in [6.07, 6.45) is 6.70. The Morgan fingerprint density at radius 2 is 1.86 bits per heavy atom. The second-order valence-electron chi connectivity index (χ2n) is 8.13. The average molecular weight is 521 g/mol. The van der Waals surface area contributed by atoms with Gasteiger partial charge in [0.05, 0.1) is 50.5 Å². The average Bonchev–Trinajstić information content (AvgIpc) is 3.13. The highest BCUT2D eigenvalue weighted by Crippen LogP contribution is 2.32. The summed E-state index contributed by atoms with van der Waals surface area (Å²) in [4.78, 5) is 22.2.